The maximum Gasteiger partial charge on any atom is 0.325 e. The van der Waals surface area contributed by atoms with Gasteiger partial charge in [-0.05, 0) is 26.0 Å². The molecule has 0 bridgehead atoms. The summed E-state index contributed by atoms with van der Waals surface area (Å²) >= 11 is 0. The van der Waals surface area contributed by atoms with Crippen molar-refractivity contribution in [3.05, 3.63) is 36.9 Å². The molecule has 0 saturated heterocycles. The van der Waals surface area contributed by atoms with Gasteiger partial charge < -0.3 is 19.4 Å². The maximum absolute atomic E-state index is 11.9. The highest BCUT2D eigenvalue weighted by Crippen LogP contribution is 2.30. The molecule has 0 fully saturated rings. The first-order chi connectivity index (χ1) is 11.6. The van der Waals surface area contributed by atoms with Gasteiger partial charge in [-0.2, -0.15) is 0 Å². The zero-order chi connectivity index (χ0) is 17.4. The number of anilines is 1. The summed E-state index contributed by atoms with van der Waals surface area (Å²) in [6.45, 7) is 4.73. The van der Waals surface area contributed by atoms with Crippen LogP contribution in [0.1, 0.15) is 13.8 Å². The second-order valence-corrected chi connectivity index (χ2v) is 4.76. The molecule has 0 aliphatic heterocycles. The van der Waals surface area contributed by atoms with Crippen LogP contribution in [-0.4, -0.2) is 34.7 Å². The van der Waals surface area contributed by atoms with E-state index in [-0.39, 0.29) is 6.54 Å². The largest absolute Gasteiger partial charge is 0.490 e. The molecular formula is C16H20N4O4. The molecule has 1 aromatic heterocycles. The van der Waals surface area contributed by atoms with Crippen molar-refractivity contribution in [1.29, 1.82) is 0 Å². The van der Waals surface area contributed by atoms with Crippen LogP contribution in [0.2, 0.25) is 0 Å². The minimum absolute atomic E-state index is 0.0148. The van der Waals surface area contributed by atoms with Gasteiger partial charge in [0.05, 0.1) is 19.5 Å². The summed E-state index contributed by atoms with van der Waals surface area (Å²) in [6, 6.07) is 4.41. The quantitative estimate of drug-likeness (QED) is 0.809. The average Bonchev–Trinajstić information content (AvgIpc) is 3.03. The minimum atomic E-state index is -0.619. The first kappa shape index (κ1) is 17.3. The number of carbonyl (C=O) groups excluding carboxylic acids is 2. The predicted octanol–water partition coefficient (Wildman–Crippen LogP) is 2.03. The lowest BCUT2D eigenvalue weighted by atomic mass is 10.2. The molecule has 0 radical (unpaired) electrons. The van der Waals surface area contributed by atoms with Gasteiger partial charge in [0.1, 0.15) is 6.54 Å². The fourth-order valence-electron chi connectivity index (χ4n) is 2.00. The predicted molar refractivity (Wildman–Crippen MR) is 88.2 cm³/mol. The third-order valence-corrected chi connectivity index (χ3v) is 2.94. The Bertz CT molecular complexity index is 685. The normalized spacial score (nSPS) is 10.1. The molecule has 0 atom stereocenters. The average molecular weight is 332 g/mol. The van der Waals surface area contributed by atoms with Crippen LogP contribution in [0, 0.1) is 0 Å². The van der Waals surface area contributed by atoms with E-state index in [1.54, 1.807) is 35.2 Å². The summed E-state index contributed by atoms with van der Waals surface area (Å²) in [5.74, 6) is 0.685. The highest BCUT2D eigenvalue weighted by Gasteiger charge is 2.11. The van der Waals surface area contributed by atoms with Crippen LogP contribution in [0.5, 0.6) is 11.5 Å². The summed E-state index contributed by atoms with van der Waals surface area (Å²) in [4.78, 5) is 27.5. The Balaban J connectivity index is 1.95. The molecule has 24 heavy (non-hydrogen) atoms. The van der Waals surface area contributed by atoms with E-state index < -0.39 is 11.9 Å². The van der Waals surface area contributed by atoms with Crippen LogP contribution < -0.4 is 20.1 Å². The molecule has 0 saturated carbocycles. The lowest BCUT2D eigenvalue weighted by molar-refractivity contribution is -0.120. The molecule has 3 amide bonds. The lowest BCUT2D eigenvalue weighted by Gasteiger charge is -2.13. The van der Waals surface area contributed by atoms with Gasteiger partial charge in [-0.15, -0.1) is 0 Å². The van der Waals surface area contributed by atoms with Gasteiger partial charge in [-0.1, -0.05) is 0 Å². The number of urea groups is 1. The van der Waals surface area contributed by atoms with Gasteiger partial charge in [0, 0.05) is 24.1 Å². The molecule has 1 heterocycles. The molecule has 2 N–H and O–H groups in total. The van der Waals surface area contributed by atoms with Crippen molar-refractivity contribution < 1.29 is 19.1 Å². The second kappa shape index (κ2) is 8.56. The molecule has 8 heteroatoms. The number of imidazole rings is 1. The number of imide groups is 1. The highest BCUT2D eigenvalue weighted by atomic mass is 16.5. The van der Waals surface area contributed by atoms with E-state index in [0.29, 0.717) is 30.4 Å². The molecule has 8 nitrogen and oxygen atoms in total. The first-order valence-electron chi connectivity index (χ1n) is 7.58. The van der Waals surface area contributed by atoms with E-state index in [1.165, 1.54) is 6.33 Å². The second-order valence-electron chi connectivity index (χ2n) is 4.76. The molecular weight excluding hydrogens is 312 g/mol. The smallest absolute Gasteiger partial charge is 0.325 e. The fourth-order valence-corrected chi connectivity index (χ4v) is 2.00. The third-order valence-electron chi connectivity index (χ3n) is 2.94. The van der Waals surface area contributed by atoms with Crippen molar-refractivity contribution in [2.75, 3.05) is 18.5 Å². The minimum Gasteiger partial charge on any atom is -0.490 e. The number of amides is 3. The Labute approximate surface area is 139 Å². The van der Waals surface area contributed by atoms with E-state index in [9.17, 15) is 9.59 Å². The standard InChI is InChI=1S/C16H20N4O4/c1-3-23-13-6-5-12(9-14(13)24-4-2)18-16(22)19-15(21)10-20-8-7-17-11-20/h5-9,11H,3-4,10H2,1-2H3,(H2,18,19,21,22). The molecule has 1 aromatic carbocycles. The number of aromatic nitrogens is 2. The van der Waals surface area contributed by atoms with Crippen LogP contribution >= 0.6 is 0 Å². The van der Waals surface area contributed by atoms with Crippen LogP contribution in [0.25, 0.3) is 0 Å². The Kier molecular flexibility index (Phi) is 6.18. The van der Waals surface area contributed by atoms with Gasteiger partial charge in [-0.3, -0.25) is 10.1 Å². The van der Waals surface area contributed by atoms with Crippen molar-refractivity contribution in [1.82, 2.24) is 14.9 Å². The van der Waals surface area contributed by atoms with E-state index in [4.69, 9.17) is 9.47 Å². The zero-order valence-corrected chi connectivity index (χ0v) is 13.6. The van der Waals surface area contributed by atoms with Crippen LogP contribution in [-0.2, 0) is 11.3 Å². The number of hydrogen-bond donors (Lipinski definition) is 2. The summed E-state index contributed by atoms with van der Waals surface area (Å²) in [5, 5.41) is 4.84. The van der Waals surface area contributed by atoms with Crippen molar-refractivity contribution >= 4 is 17.6 Å². The van der Waals surface area contributed by atoms with Gasteiger partial charge in [0.2, 0.25) is 5.91 Å². The van der Waals surface area contributed by atoms with Gasteiger partial charge >= 0.3 is 6.03 Å². The molecule has 0 spiro atoms. The summed E-state index contributed by atoms with van der Waals surface area (Å²) in [7, 11) is 0. The van der Waals surface area contributed by atoms with E-state index in [1.807, 2.05) is 13.8 Å². The molecule has 0 unspecified atom stereocenters. The lowest BCUT2D eigenvalue weighted by Crippen LogP contribution is -2.36. The Hall–Kier alpha value is -3.03. The SMILES string of the molecule is CCOc1ccc(NC(=O)NC(=O)Cn2ccnc2)cc1OCC. The molecule has 128 valence electrons. The van der Waals surface area contributed by atoms with Crippen LogP contribution in [0.3, 0.4) is 0 Å². The molecule has 0 aliphatic carbocycles. The topological polar surface area (TPSA) is 94.5 Å². The van der Waals surface area contributed by atoms with Crippen molar-refractivity contribution in [3.8, 4) is 11.5 Å². The van der Waals surface area contributed by atoms with E-state index in [0.717, 1.165) is 0 Å². The fraction of sp³-hybridized carbons (Fsp3) is 0.312. The van der Waals surface area contributed by atoms with Crippen LogP contribution in [0.4, 0.5) is 10.5 Å². The van der Waals surface area contributed by atoms with Gasteiger partial charge in [0.25, 0.3) is 0 Å². The van der Waals surface area contributed by atoms with Gasteiger partial charge in [0.15, 0.2) is 11.5 Å². The number of nitrogens with one attached hydrogen (secondary N) is 2. The number of nitrogens with zero attached hydrogens (tertiary/aromatic N) is 2. The third kappa shape index (κ3) is 5.01. The molecule has 2 aromatic rings. The Morgan fingerprint density at radius 2 is 1.92 bits per heavy atom. The Morgan fingerprint density at radius 1 is 1.17 bits per heavy atom. The first-order valence-corrected chi connectivity index (χ1v) is 7.58. The maximum atomic E-state index is 11.9. The van der Waals surface area contributed by atoms with Crippen molar-refractivity contribution in [2.24, 2.45) is 0 Å². The highest BCUT2D eigenvalue weighted by molar-refractivity contribution is 6.01. The van der Waals surface area contributed by atoms with Crippen molar-refractivity contribution in [2.45, 2.75) is 20.4 Å². The van der Waals surface area contributed by atoms with E-state index in [2.05, 4.69) is 15.6 Å². The van der Waals surface area contributed by atoms with Gasteiger partial charge in [-0.25, -0.2) is 9.78 Å². The van der Waals surface area contributed by atoms with Crippen molar-refractivity contribution in [3.63, 3.8) is 0 Å². The van der Waals surface area contributed by atoms with Crippen LogP contribution in [0.15, 0.2) is 36.9 Å². The summed E-state index contributed by atoms with van der Waals surface area (Å²) < 4.78 is 12.5. The number of ether oxygens (including phenoxy) is 2. The molecule has 2 rings (SSSR count). The molecule has 0 aliphatic rings. The number of benzene rings is 1. The number of hydrogen-bond acceptors (Lipinski definition) is 5. The van der Waals surface area contributed by atoms with E-state index >= 15 is 0 Å². The number of rotatable bonds is 7. The number of carbonyl (C=O) groups is 2. The summed E-state index contributed by atoms with van der Waals surface area (Å²) in [5.41, 5.74) is 0.495. The summed E-state index contributed by atoms with van der Waals surface area (Å²) in [6.07, 6.45) is 4.69. The monoisotopic (exact) mass is 332 g/mol. The zero-order valence-electron chi connectivity index (χ0n) is 13.6. The Morgan fingerprint density at radius 3 is 2.58 bits per heavy atom.